The lowest BCUT2D eigenvalue weighted by Gasteiger charge is -2.06. The molecule has 1 heterocycles. The van der Waals surface area contributed by atoms with E-state index in [0.717, 1.165) is 6.26 Å². The number of esters is 1. The molecule has 122 valence electrons. The number of benzene rings is 1. The molecule has 2 rings (SSSR count). The van der Waals surface area contributed by atoms with E-state index in [1.54, 1.807) is 18.4 Å². The summed E-state index contributed by atoms with van der Waals surface area (Å²) in [6.45, 7) is 1.95. The highest BCUT2D eigenvalue weighted by atomic mass is 32.2. The molecule has 0 aliphatic heterocycles. The molecule has 1 amide bonds. The fraction of sp³-hybridized carbons (Fsp3) is 0.200. The van der Waals surface area contributed by atoms with Gasteiger partial charge in [0.2, 0.25) is 0 Å². The first-order chi connectivity index (χ1) is 10.8. The van der Waals surface area contributed by atoms with Gasteiger partial charge in [0.1, 0.15) is 5.00 Å². The molecule has 6 nitrogen and oxygen atoms in total. The van der Waals surface area contributed by atoms with Crippen LogP contribution in [0.5, 0.6) is 0 Å². The molecule has 0 spiro atoms. The van der Waals surface area contributed by atoms with Crippen molar-refractivity contribution in [3.8, 4) is 0 Å². The third kappa shape index (κ3) is 4.17. The SMILES string of the molecule is CCOC(=O)c1ccsc1NC(=O)c1ccc(S(C)(=O)=O)cc1. The maximum atomic E-state index is 12.2. The zero-order valence-electron chi connectivity index (χ0n) is 12.5. The molecule has 0 atom stereocenters. The Labute approximate surface area is 138 Å². The van der Waals surface area contributed by atoms with Gasteiger partial charge in [-0.25, -0.2) is 13.2 Å². The van der Waals surface area contributed by atoms with Gasteiger partial charge in [-0.1, -0.05) is 0 Å². The second kappa shape index (κ2) is 6.93. The van der Waals surface area contributed by atoms with Gasteiger partial charge in [0, 0.05) is 11.8 Å². The number of carbonyl (C=O) groups is 2. The lowest BCUT2D eigenvalue weighted by Crippen LogP contribution is -2.14. The van der Waals surface area contributed by atoms with Gasteiger partial charge in [-0.15, -0.1) is 11.3 Å². The molecule has 0 bridgehead atoms. The van der Waals surface area contributed by atoms with Crippen molar-refractivity contribution in [1.29, 1.82) is 0 Å². The third-order valence-electron chi connectivity index (χ3n) is 2.93. The summed E-state index contributed by atoms with van der Waals surface area (Å²) in [4.78, 5) is 24.1. The minimum atomic E-state index is -3.31. The highest BCUT2D eigenvalue weighted by molar-refractivity contribution is 7.90. The number of amides is 1. The van der Waals surface area contributed by atoms with E-state index in [1.807, 2.05) is 0 Å². The molecule has 1 aromatic carbocycles. The van der Waals surface area contributed by atoms with E-state index in [1.165, 1.54) is 35.6 Å². The standard InChI is InChI=1S/C15H15NO5S2/c1-3-21-15(18)12-8-9-22-14(12)16-13(17)10-4-6-11(7-5-10)23(2,19)20/h4-9H,3H2,1-2H3,(H,16,17). The Kier molecular flexibility index (Phi) is 5.17. The molecule has 0 saturated heterocycles. The largest absolute Gasteiger partial charge is 0.462 e. The van der Waals surface area contributed by atoms with Gasteiger partial charge in [-0.2, -0.15) is 0 Å². The Morgan fingerprint density at radius 3 is 2.39 bits per heavy atom. The molecule has 23 heavy (non-hydrogen) atoms. The van der Waals surface area contributed by atoms with Crippen molar-refractivity contribution in [1.82, 2.24) is 0 Å². The second-order valence-corrected chi connectivity index (χ2v) is 7.57. The van der Waals surface area contributed by atoms with Crippen LogP contribution in [-0.2, 0) is 14.6 Å². The number of thiophene rings is 1. The van der Waals surface area contributed by atoms with Crippen LogP contribution < -0.4 is 5.32 Å². The molecular weight excluding hydrogens is 338 g/mol. The van der Waals surface area contributed by atoms with Gasteiger partial charge in [-0.05, 0) is 42.6 Å². The average molecular weight is 353 g/mol. The molecule has 0 aliphatic carbocycles. The smallest absolute Gasteiger partial charge is 0.341 e. The second-order valence-electron chi connectivity index (χ2n) is 4.63. The van der Waals surface area contributed by atoms with E-state index in [0.29, 0.717) is 10.6 Å². The van der Waals surface area contributed by atoms with Crippen molar-refractivity contribution in [2.24, 2.45) is 0 Å². The lowest BCUT2D eigenvalue weighted by atomic mass is 10.2. The van der Waals surface area contributed by atoms with Crippen LogP contribution in [0.1, 0.15) is 27.6 Å². The zero-order chi connectivity index (χ0) is 17.0. The zero-order valence-corrected chi connectivity index (χ0v) is 14.2. The van der Waals surface area contributed by atoms with Crippen LogP contribution in [-0.4, -0.2) is 33.2 Å². The molecule has 0 aliphatic rings. The molecule has 2 aromatic rings. The van der Waals surface area contributed by atoms with Crippen LogP contribution >= 0.6 is 11.3 Å². The molecule has 8 heteroatoms. The van der Waals surface area contributed by atoms with Gasteiger partial charge in [-0.3, -0.25) is 4.79 Å². The minimum Gasteiger partial charge on any atom is -0.462 e. The Balaban J connectivity index is 2.17. The van der Waals surface area contributed by atoms with E-state index in [-0.39, 0.29) is 17.1 Å². The number of nitrogens with one attached hydrogen (secondary N) is 1. The first-order valence-electron chi connectivity index (χ1n) is 6.69. The Morgan fingerprint density at radius 2 is 1.83 bits per heavy atom. The van der Waals surface area contributed by atoms with E-state index in [2.05, 4.69) is 5.32 Å². The molecule has 0 saturated carbocycles. The first-order valence-corrected chi connectivity index (χ1v) is 9.46. The fourth-order valence-corrected chi connectivity index (χ4v) is 3.21. The summed E-state index contributed by atoms with van der Waals surface area (Å²) in [6, 6.07) is 7.15. The fourth-order valence-electron chi connectivity index (χ4n) is 1.80. The number of rotatable bonds is 5. The maximum absolute atomic E-state index is 12.2. The predicted octanol–water partition coefficient (Wildman–Crippen LogP) is 2.58. The summed E-state index contributed by atoms with van der Waals surface area (Å²) >= 11 is 1.21. The highest BCUT2D eigenvalue weighted by Crippen LogP contribution is 2.25. The number of sulfone groups is 1. The summed E-state index contributed by atoms with van der Waals surface area (Å²) in [5.41, 5.74) is 0.582. The molecule has 1 N–H and O–H groups in total. The van der Waals surface area contributed by atoms with Crippen molar-refractivity contribution < 1.29 is 22.7 Å². The number of hydrogen-bond donors (Lipinski definition) is 1. The summed E-state index contributed by atoms with van der Waals surface area (Å²) < 4.78 is 27.7. The Morgan fingerprint density at radius 1 is 1.17 bits per heavy atom. The van der Waals surface area contributed by atoms with Gasteiger partial charge in [0.05, 0.1) is 17.1 Å². The maximum Gasteiger partial charge on any atom is 0.341 e. The molecule has 0 radical (unpaired) electrons. The van der Waals surface area contributed by atoms with E-state index in [9.17, 15) is 18.0 Å². The van der Waals surface area contributed by atoms with Crippen molar-refractivity contribution in [3.63, 3.8) is 0 Å². The van der Waals surface area contributed by atoms with Crippen molar-refractivity contribution in [3.05, 3.63) is 46.8 Å². The van der Waals surface area contributed by atoms with Crippen molar-refractivity contribution in [2.75, 3.05) is 18.2 Å². The summed E-state index contributed by atoms with van der Waals surface area (Å²) in [7, 11) is -3.31. The van der Waals surface area contributed by atoms with Gasteiger partial charge in [0.15, 0.2) is 9.84 Å². The van der Waals surface area contributed by atoms with E-state index >= 15 is 0 Å². The van der Waals surface area contributed by atoms with Crippen molar-refractivity contribution >= 4 is 38.1 Å². The topological polar surface area (TPSA) is 89.5 Å². The quantitative estimate of drug-likeness (QED) is 0.835. The Hall–Kier alpha value is -2.19. The number of ether oxygens (including phenoxy) is 1. The Bertz CT molecular complexity index is 822. The predicted molar refractivity (Wildman–Crippen MR) is 87.8 cm³/mol. The van der Waals surface area contributed by atoms with Crippen LogP contribution in [0.3, 0.4) is 0 Å². The molecular formula is C15H15NO5S2. The monoisotopic (exact) mass is 353 g/mol. The summed E-state index contributed by atoms with van der Waals surface area (Å²) in [5.74, 6) is -0.936. The van der Waals surface area contributed by atoms with Crippen LogP contribution in [0.25, 0.3) is 0 Å². The summed E-state index contributed by atoms with van der Waals surface area (Å²) in [6.07, 6.45) is 1.10. The minimum absolute atomic E-state index is 0.136. The van der Waals surface area contributed by atoms with E-state index in [4.69, 9.17) is 4.74 Å². The normalized spacial score (nSPS) is 11.0. The number of anilines is 1. The van der Waals surface area contributed by atoms with Gasteiger partial charge >= 0.3 is 5.97 Å². The highest BCUT2D eigenvalue weighted by Gasteiger charge is 2.17. The molecule has 1 aromatic heterocycles. The number of carbonyl (C=O) groups excluding carboxylic acids is 2. The van der Waals surface area contributed by atoms with Crippen LogP contribution in [0.15, 0.2) is 40.6 Å². The van der Waals surface area contributed by atoms with E-state index < -0.39 is 21.7 Å². The van der Waals surface area contributed by atoms with Crippen LogP contribution in [0, 0.1) is 0 Å². The average Bonchev–Trinajstić information content (AvgIpc) is 2.95. The van der Waals surface area contributed by atoms with Crippen molar-refractivity contribution in [2.45, 2.75) is 11.8 Å². The van der Waals surface area contributed by atoms with Gasteiger partial charge in [0.25, 0.3) is 5.91 Å². The van der Waals surface area contributed by atoms with Gasteiger partial charge < -0.3 is 10.1 Å². The number of hydrogen-bond acceptors (Lipinski definition) is 6. The summed E-state index contributed by atoms with van der Waals surface area (Å²) in [5, 5.41) is 4.70. The van der Waals surface area contributed by atoms with Crippen LogP contribution in [0.2, 0.25) is 0 Å². The van der Waals surface area contributed by atoms with Crippen LogP contribution in [0.4, 0.5) is 5.00 Å². The lowest BCUT2D eigenvalue weighted by molar-refractivity contribution is 0.0528. The molecule has 0 fully saturated rings. The first kappa shape index (κ1) is 17.2. The molecule has 0 unspecified atom stereocenters. The third-order valence-corrected chi connectivity index (χ3v) is 4.89.